The third-order valence-corrected chi connectivity index (χ3v) is 8.48. The second kappa shape index (κ2) is 8.65. The summed E-state index contributed by atoms with van der Waals surface area (Å²) in [6, 6.07) is 13.6. The highest BCUT2D eigenvalue weighted by Gasteiger charge is 2.22. The zero-order valence-electron chi connectivity index (χ0n) is 18.9. The first-order valence-electron chi connectivity index (χ1n) is 10.7. The molecule has 0 amide bonds. The van der Waals surface area contributed by atoms with Crippen LogP contribution in [0.25, 0.3) is 16.8 Å². The Labute approximate surface area is 186 Å². The summed E-state index contributed by atoms with van der Waals surface area (Å²) in [5.41, 5.74) is 7.99. The number of allylic oxidation sites excluding steroid dienone is 2. The predicted molar refractivity (Wildman–Crippen MR) is 135 cm³/mol. The van der Waals surface area contributed by atoms with E-state index >= 15 is 0 Å². The zero-order valence-corrected chi connectivity index (χ0v) is 21.4. The molecule has 0 spiro atoms. The van der Waals surface area contributed by atoms with E-state index in [9.17, 15) is 0 Å². The van der Waals surface area contributed by atoms with Crippen molar-refractivity contribution >= 4 is 29.7 Å². The third kappa shape index (κ3) is 4.95. The molecule has 3 rings (SSSR count). The van der Waals surface area contributed by atoms with Crippen LogP contribution in [-0.4, -0.2) is 14.6 Å². The second-order valence-corrected chi connectivity index (χ2v) is 15.8. The van der Waals surface area contributed by atoms with Crippen molar-refractivity contribution in [3.05, 3.63) is 74.9 Å². The molecule has 0 atom stereocenters. The topological polar surface area (TPSA) is 12.0 Å². The molecule has 0 unspecified atom stereocenters. The molecule has 0 aromatic heterocycles. The van der Waals surface area contributed by atoms with Crippen LogP contribution in [0.1, 0.15) is 56.2 Å². The molecule has 1 aliphatic heterocycles. The molecule has 2 aromatic carbocycles. The fraction of sp³-hybridized carbons (Fsp3) is 0.385. The lowest BCUT2D eigenvalue weighted by molar-refractivity contribution is 0.838. The number of benzene rings is 2. The molecule has 1 N–H and O–H groups in total. The lowest BCUT2D eigenvalue weighted by atomic mass is 9.84. The Hall–Kier alpha value is -1.58. The van der Waals surface area contributed by atoms with Crippen molar-refractivity contribution in [3.8, 4) is 11.1 Å². The number of hydrogen-bond donors (Lipinski definition) is 1. The molecular formula is C26H34BrNSi. The van der Waals surface area contributed by atoms with Crippen molar-refractivity contribution in [2.24, 2.45) is 0 Å². The number of dihydropyridines is 1. The summed E-state index contributed by atoms with van der Waals surface area (Å²) in [5, 5.41) is 5.25. The molecule has 1 nitrogen and oxygen atoms in total. The number of hydrogen-bond acceptors (Lipinski definition) is 1. The van der Waals surface area contributed by atoms with Gasteiger partial charge in [-0.3, -0.25) is 0 Å². The summed E-state index contributed by atoms with van der Waals surface area (Å²) in [4.78, 5) is 0. The molecule has 154 valence electrons. The van der Waals surface area contributed by atoms with Gasteiger partial charge in [-0.05, 0) is 63.9 Å². The predicted octanol–water partition coefficient (Wildman–Crippen LogP) is 8.11. The molecule has 3 heteroatoms. The maximum Gasteiger partial charge on any atom is 0.0747 e. The van der Waals surface area contributed by atoms with Crippen LogP contribution in [-0.2, 0) is 0 Å². The molecule has 0 bridgehead atoms. The van der Waals surface area contributed by atoms with E-state index in [1.807, 2.05) is 0 Å². The van der Waals surface area contributed by atoms with E-state index in [0.29, 0.717) is 11.8 Å². The first kappa shape index (κ1) is 22.1. The van der Waals surface area contributed by atoms with Crippen molar-refractivity contribution in [3.63, 3.8) is 0 Å². The van der Waals surface area contributed by atoms with Gasteiger partial charge in [0.15, 0.2) is 0 Å². The Morgan fingerprint density at radius 1 is 0.862 bits per heavy atom. The van der Waals surface area contributed by atoms with Crippen LogP contribution in [0.2, 0.25) is 19.6 Å². The monoisotopic (exact) mass is 467 g/mol. The van der Waals surface area contributed by atoms with Gasteiger partial charge in [-0.25, -0.2) is 0 Å². The maximum atomic E-state index is 3.78. The van der Waals surface area contributed by atoms with E-state index in [1.165, 1.54) is 33.5 Å². The average molecular weight is 469 g/mol. The highest BCUT2D eigenvalue weighted by atomic mass is 79.9. The van der Waals surface area contributed by atoms with Gasteiger partial charge in [-0.2, -0.15) is 0 Å². The summed E-state index contributed by atoms with van der Waals surface area (Å²) in [6.45, 7) is 17.3. The van der Waals surface area contributed by atoms with Gasteiger partial charge < -0.3 is 5.32 Å². The van der Waals surface area contributed by atoms with Crippen LogP contribution in [0.15, 0.2) is 58.2 Å². The molecular weight excluding hydrogens is 434 g/mol. The maximum absolute atomic E-state index is 3.78. The molecule has 0 saturated heterocycles. The van der Waals surface area contributed by atoms with Crippen LogP contribution in [0, 0.1) is 0 Å². The molecule has 0 fully saturated rings. The summed E-state index contributed by atoms with van der Waals surface area (Å²) in [5.74, 6) is 0.973. The van der Waals surface area contributed by atoms with Crippen molar-refractivity contribution in [1.82, 2.24) is 5.32 Å². The quantitative estimate of drug-likeness (QED) is 0.437. The zero-order chi connectivity index (χ0) is 21.3. The molecule has 1 aliphatic rings. The van der Waals surface area contributed by atoms with Crippen LogP contribution in [0.3, 0.4) is 0 Å². The van der Waals surface area contributed by atoms with Gasteiger partial charge in [-0.15, -0.1) is 0 Å². The van der Waals surface area contributed by atoms with Crippen molar-refractivity contribution in [2.45, 2.75) is 59.2 Å². The van der Waals surface area contributed by atoms with Crippen LogP contribution in [0.5, 0.6) is 0 Å². The minimum Gasteiger partial charge on any atom is -0.381 e. The fourth-order valence-corrected chi connectivity index (χ4v) is 5.67. The lowest BCUT2D eigenvalue weighted by Gasteiger charge is -2.26. The molecule has 29 heavy (non-hydrogen) atoms. The first-order chi connectivity index (χ1) is 13.6. The van der Waals surface area contributed by atoms with Gasteiger partial charge in [0.25, 0.3) is 0 Å². The smallest absolute Gasteiger partial charge is 0.0747 e. The van der Waals surface area contributed by atoms with Crippen LogP contribution >= 0.6 is 15.9 Å². The minimum atomic E-state index is -1.26. The van der Waals surface area contributed by atoms with Crippen molar-refractivity contribution < 1.29 is 0 Å². The Morgan fingerprint density at radius 2 is 1.45 bits per heavy atom. The van der Waals surface area contributed by atoms with Gasteiger partial charge in [0, 0.05) is 16.7 Å². The highest BCUT2D eigenvalue weighted by molar-refractivity contribution is 9.10. The average Bonchev–Trinajstić information content (AvgIpc) is 2.66. The molecule has 2 aromatic rings. The van der Waals surface area contributed by atoms with E-state index in [0.717, 1.165) is 11.0 Å². The summed E-state index contributed by atoms with van der Waals surface area (Å²) < 4.78 is 1.13. The summed E-state index contributed by atoms with van der Waals surface area (Å²) in [7, 11) is -1.26. The van der Waals surface area contributed by atoms with E-state index in [2.05, 4.69) is 117 Å². The first-order valence-corrected chi connectivity index (χ1v) is 15.0. The van der Waals surface area contributed by atoms with Gasteiger partial charge in [0.1, 0.15) is 0 Å². The SMILES string of the molecule is CC(C)c1cccc(C(C)C)c1-c1cc(Br)cc(C2=CC=C([Si](C)(C)C)CN2)c1. The van der Waals surface area contributed by atoms with Crippen molar-refractivity contribution in [1.29, 1.82) is 0 Å². The Kier molecular flexibility index (Phi) is 6.60. The van der Waals surface area contributed by atoms with Gasteiger partial charge in [-0.1, -0.05) is 92.7 Å². The van der Waals surface area contributed by atoms with Gasteiger partial charge in [0.05, 0.1) is 8.07 Å². The van der Waals surface area contributed by atoms with E-state index in [4.69, 9.17) is 0 Å². The van der Waals surface area contributed by atoms with E-state index < -0.39 is 8.07 Å². The number of rotatable bonds is 5. The molecule has 0 saturated carbocycles. The number of nitrogens with one attached hydrogen (secondary N) is 1. The Bertz CT molecular complexity index is 935. The van der Waals surface area contributed by atoms with Crippen LogP contribution in [0.4, 0.5) is 0 Å². The Balaban J connectivity index is 2.13. The number of halogens is 1. The second-order valence-electron chi connectivity index (χ2n) is 9.73. The summed E-state index contributed by atoms with van der Waals surface area (Å²) in [6.07, 6.45) is 4.61. The van der Waals surface area contributed by atoms with Gasteiger partial charge >= 0.3 is 0 Å². The molecule has 0 radical (unpaired) electrons. The lowest BCUT2D eigenvalue weighted by Crippen LogP contribution is -2.33. The van der Waals surface area contributed by atoms with E-state index in [-0.39, 0.29) is 0 Å². The minimum absolute atomic E-state index is 0.486. The van der Waals surface area contributed by atoms with Crippen LogP contribution < -0.4 is 5.32 Å². The molecule has 0 aliphatic carbocycles. The highest BCUT2D eigenvalue weighted by Crippen LogP contribution is 2.38. The Morgan fingerprint density at radius 3 is 1.93 bits per heavy atom. The largest absolute Gasteiger partial charge is 0.381 e. The van der Waals surface area contributed by atoms with E-state index in [1.54, 1.807) is 5.20 Å². The normalized spacial score (nSPS) is 14.7. The molecule has 1 heterocycles. The third-order valence-electron chi connectivity index (χ3n) is 5.75. The fourth-order valence-electron chi connectivity index (χ4n) is 3.98. The van der Waals surface area contributed by atoms with Crippen molar-refractivity contribution in [2.75, 3.05) is 6.54 Å². The standard InChI is InChI=1S/C26H34BrNSi/c1-17(2)23-9-8-10-24(18(3)4)26(23)20-13-19(14-21(27)15-20)25-12-11-22(16-28-25)29(5,6)7/h8-15,17-18,28H,16H2,1-7H3. The van der Waals surface area contributed by atoms with Gasteiger partial charge in [0.2, 0.25) is 0 Å². The summed E-state index contributed by atoms with van der Waals surface area (Å²) >= 11 is 3.78.